The first kappa shape index (κ1) is 22.2. The summed E-state index contributed by atoms with van der Waals surface area (Å²) in [4.78, 5) is 13.8. The molecule has 0 spiro atoms. The fraction of sp³-hybridized carbons (Fsp3) is 0.375. The van der Waals surface area contributed by atoms with Gasteiger partial charge in [-0.05, 0) is 68.3 Å². The third-order valence-electron chi connectivity index (χ3n) is 5.36. The van der Waals surface area contributed by atoms with Crippen LogP contribution in [0.25, 0.3) is 17.1 Å². The van der Waals surface area contributed by atoms with Crippen molar-refractivity contribution < 1.29 is 14.3 Å². The van der Waals surface area contributed by atoms with Crippen molar-refractivity contribution in [3.8, 4) is 28.6 Å². The molecule has 0 saturated carbocycles. The number of likely N-dealkylation sites (tertiary alicyclic amines) is 1. The molecule has 1 fully saturated rings. The summed E-state index contributed by atoms with van der Waals surface area (Å²) in [6.07, 6.45) is 2.58. The Bertz CT molecular complexity index is 1030. The molecule has 4 rings (SSSR count). The van der Waals surface area contributed by atoms with Crippen LogP contribution in [0.1, 0.15) is 26.2 Å². The van der Waals surface area contributed by atoms with E-state index >= 15 is 0 Å². The molecule has 2 aromatic carbocycles. The number of carbonyl (C=O) groups excluding carboxylic acids is 1. The van der Waals surface area contributed by atoms with Crippen molar-refractivity contribution in [2.45, 2.75) is 31.3 Å². The van der Waals surface area contributed by atoms with E-state index in [0.717, 1.165) is 65.4 Å². The Labute approximate surface area is 192 Å². The van der Waals surface area contributed by atoms with E-state index in [1.54, 1.807) is 18.9 Å². The predicted octanol–water partition coefficient (Wildman–Crippen LogP) is 4.45. The second-order valence-electron chi connectivity index (χ2n) is 7.48. The van der Waals surface area contributed by atoms with Crippen LogP contribution in [0.15, 0.2) is 53.7 Å². The maximum Gasteiger partial charge on any atom is 0.222 e. The minimum Gasteiger partial charge on any atom is -0.497 e. The summed E-state index contributed by atoms with van der Waals surface area (Å²) in [5.74, 6) is 3.54. The van der Waals surface area contributed by atoms with Crippen LogP contribution in [-0.2, 0) is 4.79 Å². The molecule has 0 atom stereocenters. The molecule has 1 aliphatic heterocycles. The zero-order valence-electron chi connectivity index (χ0n) is 18.5. The fourth-order valence-corrected chi connectivity index (χ4v) is 4.62. The summed E-state index contributed by atoms with van der Waals surface area (Å²) < 4.78 is 13.0. The predicted molar refractivity (Wildman–Crippen MR) is 126 cm³/mol. The van der Waals surface area contributed by atoms with E-state index in [1.807, 2.05) is 60.4 Å². The lowest BCUT2D eigenvalue weighted by Crippen LogP contribution is -2.25. The largest absolute Gasteiger partial charge is 0.497 e. The number of hydrogen-bond acceptors (Lipinski definition) is 6. The number of rotatable bonds is 10. The minimum absolute atomic E-state index is 0.273. The van der Waals surface area contributed by atoms with E-state index in [9.17, 15) is 4.79 Å². The molecule has 8 heteroatoms. The number of carbonyl (C=O) groups is 1. The highest BCUT2D eigenvalue weighted by atomic mass is 32.2. The zero-order valence-corrected chi connectivity index (χ0v) is 19.3. The molecule has 1 amide bonds. The van der Waals surface area contributed by atoms with Gasteiger partial charge in [0.15, 0.2) is 11.0 Å². The van der Waals surface area contributed by atoms with E-state index < -0.39 is 0 Å². The lowest BCUT2D eigenvalue weighted by atomic mass is 10.2. The van der Waals surface area contributed by atoms with E-state index in [1.165, 1.54) is 0 Å². The number of amides is 1. The number of ether oxygens (including phenoxy) is 2. The van der Waals surface area contributed by atoms with Gasteiger partial charge in [-0.3, -0.25) is 9.36 Å². The number of thioether (sulfide) groups is 1. The van der Waals surface area contributed by atoms with Crippen molar-refractivity contribution in [1.29, 1.82) is 0 Å². The molecule has 1 aromatic heterocycles. The maximum absolute atomic E-state index is 11.8. The molecule has 3 aromatic rings. The number of hydrogen-bond donors (Lipinski definition) is 0. The van der Waals surface area contributed by atoms with Gasteiger partial charge in [0.05, 0.1) is 13.7 Å². The monoisotopic (exact) mass is 452 g/mol. The highest BCUT2D eigenvalue weighted by Gasteiger charge is 2.20. The van der Waals surface area contributed by atoms with E-state index in [2.05, 4.69) is 14.8 Å². The quantitative estimate of drug-likeness (QED) is 0.334. The van der Waals surface area contributed by atoms with Crippen molar-refractivity contribution >= 4 is 17.7 Å². The molecule has 168 valence electrons. The van der Waals surface area contributed by atoms with Crippen molar-refractivity contribution in [2.24, 2.45) is 0 Å². The Morgan fingerprint density at radius 1 is 1.03 bits per heavy atom. The number of aromatic nitrogens is 3. The van der Waals surface area contributed by atoms with Crippen molar-refractivity contribution in [3.63, 3.8) is 0 Å². The Hall–Kier alpha value is -3.00. The third kappa shape index (κ3) is 5.07. The third-order valence-corrected chi connectivity index (χ3v) is 6.38. The summed E-state index contributed by atoms with van der Waals surface area (Å²) in [7, 11) is 1.65. The second-order valence-corrected chi connectivity index (χ2v) is 8.55. The molecular formula is C24H28N4O3S. The van der Waals surface area contributed by atoms with Crippen LogP contribution >= 0.6 is 11.8 Å². The highest BCUT2D eigenvalue weighted by molar-refractivity contribution is 7.99. The van der Waals surface area contributed by atoms with Crippen LogP contribution in [0.2, 0.25) is 0 Å². The Morgan fingerprint density at radius 2 is 1.78 bits per heavy atom. The molecule has 0 N–H and O–H groups in total. The first-order valence-corrected chi connectivity index (χ1v) is 11.9. The van der Waals surface area contributed by atoms with Crippen LogP contribution in [0.5, 0.6) is 11.5 Å². The van der Waals surface area contributed by atoms with Gasteiger partial charge in [0.1, 0.15) is 11.5 Å². The summed E-state index contributed by atoms with van der Waals surface area (Å²) in [6, 6.07) is 15.8. The molecule has 2 heterocycles. The normalized spacial score (nSPS) is 13.6. The number of nitrogens with zero attached hydrogens (tertiary/aromatic N) is 4. The molecule has 0 unspecified atom stereocenters. The van der Waals surface area contributed by atoms with Crippen LogP contribution in [0, 0.1) is 0 Å². The molecule has 1 aliphatic rings. The summed E-state index contributed by atoms with van der Waals surface area (Å²) in [6.45, 7) is 4.28. The molecular weight excluding hydrogens is 424 g/mol. The van der Waals surface area contributed by atoms with Gasteiger partial charge in [0.25, 0.3) is 0 Å². The standard InChI is InChI=1S/C24H28N4O3S/c1-3-31-21-13-9-19(10-14-21)28-23(18-7-11-20(30-2)12-8-18)25-26-24(28)32-17-5-16-27-15-4-6-22(27)29/h7-14H,3-6,15-17H2,1-2H3. The lowest BCUT2D eigenvalue weighted by Gasteiger charge is -2.15. The Kier molecular flexibility index (Phi) is 7.32. The van der Waals surface area contributed by atoms with Gasteiger partial charge in [-0.15, -0.1) is 10.2 Å². The van der Waals surface area contributed by atoms with Crippen LogP contribution < -0.4 is 9.47 Å². The van der Waals surface area contributed by atoms with Gasteiger partial charge in [-0.1, -0.05) is 11.8 Å². The SMILES string of the molecule is CCOc1ccc(-n2c(SCCCN3CCCC3=O)nnc2-c2ccc(OC)cc2)cc1. The van der Waals surface area contributed by atoms with Gasteiger partial charge in [-0.2, -0.15) is 0 Å². The van der Waals surface area contributed by atoms with Gasteiger partial charge in [0, 0.05) is 36.5 Å². The summed E-state index contributed by atoms with van der Waals surface area (Å²) >= 11 is 1.66. The smallest absolute Gasteiger partial charge is 0.222 e. The molecule has 0 bridgehead atoms. The Morgan fingerprint density at radius 3 is 2.44 bits per heavy atom. The van der Waals surface area contributed by atoms with Gasteiger partial charge < -0.3 is 14.4 Å². The van der Waals surface area contributed by atoms with E-state index in [-0.39, 0.29) is 5.91 Å². The minimum atomic E-state index is 0.273. The highest BCUT2D eigenvalue weighted by Crippen LogP contribution is 2.30. The first-order chi connectivity index (χ1) is 15.7. The van der Waals surface area contributed by atoms with Gasteiger partial charge in [-0.25, -0.2) is 0 Å². The zero-order chi connectivity index (χ0) is 22.3. The van der Waals surface area contributed by atoms with Crippen LogP contribution in [0.4, 0.5) is 0 Å². The molecule has 32 heavy (non-hydrogen) atoms. The molecule has 1 saturated heterocycles. The average Bonchev–Trinajstić information content (AvgIpc) is 3.43. The van der Waals surface area contributed by atoms with Crippen LogP contribution in [-0.4, -0.2) is 58.1 Å². The second kappa shape index (κ2) is 10.5. The first-order valence-electron chi connectivity index (χ1n) is 10.9. The summed E-state index contributed by atoms with van der Waals surface area (Å²) in [5, 5.41) is 9.81. The van der Waals surface area contributed by atoms with Crippen molar-refractivity contribution in [3.05, 3.63) is 48.5 Å². The summed E-state index contributed by atoms with van der Waals surface area (Å²) in [5.41, 5.74) is 1.93. The maximum atomic E-state index is 11.8. The number of methoxy groups -OCH3 is 1. The molecule has 0 radical (unpaired) electrons. The molecule has 7 nitrogen and oxygen atoms in total. The molecule has 0 aliphatic carbocycles. The van der Waals surface area contributed by atoms with E-state index in [0.29, 0.717) is 13.0 Å². The average molecular weight is 453 g/mol. The van der Waals surface area contributed by atoms with Gasteiger partial charge in [0.2, 0.25) is 5.91 Å². The number of benzene rings is 2. The van der Waals surface area contributed by atoms with E-state index in [4.69, 9.17) is 9.47 Å². The fourth-order valence-electron chi connectivity index (χ4n) is 3.74. The van der Waals surface area contributed by atoms with Gasteiger partial charge >= 0.3 is 0 Å². The Balaban J connectivity index is 1.56. The lowest BCUT2D eigenvalue weighted by molar-refractivity contribution is -0.127. The van der Waals surface area contributed by atoms with Crippen molar-refractivity contribution in [1.82, 2.24) is 19.7 Å². The topological polar surface area (TPSA) is 69.5 Å². The van der Waals surface area contributed by atoms with Crippen LogP contribution in [0.3, 0.4) is 0 Å². The van der Waals surface area contributed by atoms with Crippen molar-refractivity contribution in [2.75, 3.05) is 32.6 Å².